The molecule has 2 unspecified atom stereocenters. The van der Waals surface area contributed by atoms with Gasteiger partial charge in [-0.2, -0.15) is 10.2 Å². The predicted molar refractivity (Wildman–Crippen MR) is 89.1 cm³/mol. The molecule has 0 saturated heterocycles. The molecule has 1 saturated carbocycles. The number of anilines is 2. The first kappa shape index (κ1) is 14.4. The second-order valence-corrected chi connectivity index (χ2v) is 5.96. The zero-order valence-electron chi connectivity index (χ0n) is 13.1. The summed E-state index contributed by atoms with van der Waals surface area (Å²) in [5.41, 5.74) is 1.66. The zero-order chi connectivity index (χ0) is 16.5. The predicted octanol–water partition coefficient (Wildman–Crippen LogP) is 2.76. The number of carbonyl (C=O) groups excluding carboxylic acids is 1. The molecule has 3 aromatic rings. The summed E-state index contributed by atoms with van der Waals surface area (Å²) in [6, 6.07) is 6.90. The summed E-state index contributed by atoms with van der Waals surface area (Å²) >= 11 is 0. The Morgan fingerprint density at radius 3 is 2.92 bits per heavy atom. The van der Waals surface area contributed by atoms with Gasteiger partial charge in [-0.25, -0.2) is 14.5 Å². The van der Waals surface area contributed by atoms with E-state index in [4.69, 9.17) is 0 Å². The lowest BCUT2D eigenvalue weighted by Crippen LogP contribution is -2.19. The Labute approximate surface area is 138 Å². The van der Waals surface area contributed by atoms with Crippen molar-refractivity contribution < 1.29 is 4.79 Å². The van der Waals surface area contributed by atoms with Crippen LogP contribution >= 0.6 is 0 Å². The average Bonchev–Trinajstić information content (AvgIpc) is 2.99. The summed E-state index contributed by atoms with van der Waals surface area (Å²) in [6.45, 7) is 2.20. The fourth-order valence-electron chi connectivity index (χ4n) is 2.62. The van der Waals surface area contributed by atoms with Gasteiger partial charge in [-0.15, -0.1) is 0 Å². The summed E-state index contributed by atoms with van der Waals surface area (Å²) in [5, 5.41) is 16.6. The maximum atomic E-state index is 12.0. The molecule has 2 atom stereocenters. The number of pyridine rings is 1. The molecule has 2 amide bonds. The van der Waals surface area contributed by atoms with Crippen LogP contribution in [0.15, 0.2) is 42.9 Å². The minimum Gasteiger partial charge on any atom is -0.306 e. The molecule has 3 heterocycles. The van der Waals surface area contributed by atoms with E-state index in [1.807, 2.05) is 12.1 Å². The molecule has 1 aliphatic rings. The van der Waals surface area contributed by atoms with Crippen molar-refractivity contribution >= 4 is 17.5 Å². The van der Waals surface area contributed by atoms with Crippen LogP contribution in [0.1, 0.15) is 25.0 Å². The number of aromatic nitrogens is 5. The SMILES string of the molecule is CC1CC1c1cc(NC(=O)Nc2ccc(-n3cccn3)nc2)n[nH]1. The molecule has 0 spiro atoms. The molecule has 0 radical (unpaired) electrons. The van der Waals surface area contributed by atoms with Crippen molar-refractivity contribution in [1.82, 2.24) is 25.0 Å². The number of aromatic amines is 1. The van der Waals surface area contributed by atoms with Gasteiger partial charge in [0.25, 0.3) is 0 Å². The number of urea groups is 1. The number of amides is 2. The molecule has 3 aromatic heterocycles. The van der Waals surface area contributed by atoms with Crippen molar-refractivity contribution in [2.75, 3.05) is 10.6 Å². The quantitative estimate of drug-likeness (QED) is 0.687. The second kappa shape index (κ2) is 5.80. The van der Waals surface area contributed by atoms with Gasteiger partial charge in [0, 0.05) is 30.1 Å². The summed E-state index contributed by atoms with van der Waals surface area (Å²) in [7, 11) is 0. The van der Waals surface area contributed by atoms with Gasteiger partial charge >= 0.3 is 6.03 Å². The first-order chi connectivity index (χ1) is 11.7. The lowest BCUT2D eigenvalue weighted by atomic mass is 10.2. The van der Waals surface area contributed by atoms with Crippen LogP contribution in [-0.4, -0.2) is 31.0 Å². The van der Waals surface area contributed by atoms with Gasteiger partial charge in [-0.05, 0) is 30.5 Å². The van der Waals surface area contributed by atoms with Crippen molar-refractivity contribution in [2.24, 2.45) is 5.92 Å². The Balaban J connectivity index is 1.36. The molecule has 24 heavy (non-hydrogen) atoms. The Hall–Kier alpha value is -3.16. The molecule has 1 fully saturated rings. The maximum Gasteiger partial charge on any atom is 0.324 e. The highest BCUT2D eigenvalue weighted by Gasteiger charge is 2.35. The van der Waals surface area contributed by atoms with Gasteiger partial charge in [-0.3, -0.25) is 10.4 Å². The molecule has 0 aromatic carbocycles. The lowest BCUT2D eigenvalue weighted by molar-refractivity contribution is 0.262. The van der Waals surface area contributed by atoms with E-state index in [-0.39, 0.29) is 6.03 Å². The second-order valence-electron chi connectivity index (χ2n) is 5.96. The minimum absolute atomic E-state index is 0.356. The van der Waals surface area contributed by atoms with Gasteiger partial charge in [-0.1, -0.05) is 6.92 Å². The van der Waals surface area contributed by atoms with Gasteiger partial charge in [0.15, 0.2) is 11.6 Å². The number of H-pyrrole nitrogens is 1. The summed E-state index contributed by atoms with van der Waals surface area (Å²) in [6.07, 6.45) is 6.24. The Morgan fingerprint density at radius 1 is 1.38 bits per heavy atom. The first-order valence-electron chi connectivity index (χ1n) is 7.78. The molecule has 0 bridgehead atoms. The van der Waals surface area contributed by atoms with E-state index in [2.05, 4.69) is 37.8 Å². The fraction of sp³-hybridized carbons (Fsp3) is 0.250. The molecule has 8 nitrogen and oxygen atoms in total. The Kier molecular flexibility index (Phi) is 3.49. The smallest absolute Gasteiger partial charge is 0.306 e. The van der Waals surface area contributed by atoms with Crippen LogP contribution in [0.5, 0.6) is 0 Å². The normalized spacial score (nSPS) is 19.0. The van der Waals surface area contributed by atoms with E-state index >= 15 is 0 Å². The van der Waals surface area contributed by atoms with Gasteiger partial charge in [0.2, 0.25) is 0 Å². The topological polar surface area (TPSA) is 101 Å². The highest BCUT2D eigenvalue weighted by atomic mass is 16.2. The Bertz CT molecular complexity index is 838. The van der Waals surface area contributed by atoms with E-state index in [0.29, 0.717) is 29.2 Å². The monoisotopic (exact) mass is 323 g/mol. The fourth-order valence-corrected chi connectivity index (χ4v) is 2.62. The van der Waals surface area contributed by atoms with E-state index in [9.17, 15) is 4.79 Å². The maximum absolute atomic E-state index is 12.0. The van der Waals surface area contributed by atoms with Crippen molar-refractivity contribution in [1.29, 1.82) is 0 Å². The van der Waals surface area contributed by atoms with Crippen LogP contribution in [0.3, 0.4) is 0 Å². The summed E-state index contributed by atoms with van der Waals surface area (Å²) in [5.74, 6) is 2.42. The van der Waals surface area contributed by atoms with Crippen molar-refractivity contribution in [3.63, 3.8) is 0 Å². The number of carbonyl (C=O) groups is 1. The molecule has 0 aliphatic heterocycles. The lowest BCUT2D eigenvalue weighted by Gasteiger charge is -2.06. The third-order valence-corrected chi connectivity index (χ3v) is 4.09. The minimum atomic E-state index is -0.356. The number of hydrogen-bond acceptors (Lipinski definition) is 4. The largest absolute Gasteiger partial charge is 0.324 e. The number of nitrogens with zero attached hydrogens (tertiary/aromatic N) is 4. The highest BCUT2D eigenvalue weighted by molar-refractivity contribution is 5.99. The summed E-state index contributed by atoms with van der Waals surface area (Å²) < 4.78 is 1.65. The van der Waals surface area contributed by atoms with Crippen molar-refractivity contribution in [2.45, 2.75) is 19.3 Å². The summed E-state index contributed by atoms with van der Waals surface area (Å²) in [4.78, 5) is 16.3. The number of rotatable bonds is 4. The standard InChI is InChI=1S/C16H17N7O/c1-10-7-12(10)13-8-14(22-21-13)20-16(24)19-11-3-4-15(17-9-11)23-6-2-5-18-23/h2-6,8-10,12H,7H2,1H3,(H3,19,20,21,22,24). The molecule has 1 aliphatic carbocycles. The average molecular weight is 323 g/mol. The zero-order valence-corrected chi connectivity index (χ0v) is 13.1. The highest BCUT2D eigenvalue weighted by Crippen LogP contribution is 2.46. The van der Waals surface area contributed by atoms with Crippen LogP contribution in [0.2, 0.25) is 0 Å². The molecule has 3 N–H and O–H groups in total. The first-order valence-corrected chi connectivity index (χ1v) is 7.78. The van der Waals surface area contributed by atoms with Gasteiger partial charge < -0.3 is 5.32 Å². The third-order valence-electron chi connectivity index (χ3n) is 4.09. The number of nitrogens with one attached hydrogen (secondary N) is 3. The van der Waals surface area contributed by atoms with Gasteiger partial charge in [0.1, 0.15) is 0 Å². The van der Waals surface area contributed by atoms with Crippen LogP contribution in [0, 0.1) is 5.92 Å². The van der Waals surface area contributed by atoms with Gasteiger partial charge in [0.05, 0.1) is 11.9 Å². The third kappa shape index (κ3) is 2.98. The van der Waals surface area contributed by atoms with Crippen LogP contribution in [0.4, 0.5) is 16.3 Å². The van der Waals surface area contributed by atoms with E-state index in [0.717, 1.165) is 5.69 Å². The number of hydrogen-bond donors (Lipinski definition) is 3. The molecule has 8 heteroatoms. The molecular formula is C16H17N7O. The van der Waals surface area contributed by atoms with Crippen molar-refractivity contribution in [3.8, 4) is 5.82 Å². The van der Waals surface area contributed by atoms with Crippen molar-refractivity contribution in [3.05, 3.63) is 48.5 Å². The van der Waals surface area contributed by atoms with Crippen LogP contribution in [-0.2, 0) is 0 Å². The Morgan fingerprint density at radius 2 is 2.25 bits per heavy atom. The molecule has 122 valence electrons. The van der Waals surface area contributed by atoms with Crippen LogP contribution < -0.4 is 10.6 Å². The van der Waals surface area contributed by atoms with E-state index in [1.165, 1.54) is 6.42 Å². The molecule has 4 rings (SSSR count). The van der Waals surface area contributed by atoms with E-state index in [1.54, 1.807) is 35.4 Å². The molecular weight excluding hydrogens is 306 g/mol. The van der Waals surface area contributed by atoms with E-state index < -0.39 is 0 Å². The van der Waals surface area contributed by atoms with Crippen LogP contribution in [0.25, 0.3) is 5.82 Å².